The molecule has 118 valence electrons. The third kappa shape index (κ3) is 5.35. The smallest absolute Gasteiger partial charge is 0.393 e. The molecule has 7 heteroatoms. The van der Waals surface area contributed by atoms with Gasteiger partial charge in [0.2, 0.25) is 0 Å². The molecule has 0 heterocycles. The van der Waals surface area contributed by atoms with E-state index < -0.39 is 24.7 Å². The van der Waals surface area contributed by atoms with Crippen LogP contribution >= 0.6 is 0 Å². The number of carboxylic acid groups (broad SMARTS) is 1. The molecule has 1 atom stereocenters. The molecule has 0 saturated heterocycles. The van der Waals surface area contributed by atoms with Crippen LogP contribution in [0.5, 0.6) is 0 Å². The molecule has 0 bridgehead atoms. The van der Waals surface area contributed by atoms with Crippen LogP contribution in [-0.2, 0) is 11.2 Å². The highest BCUT2D eigenvalue weighted by molar-refractivity contribution is 5.88. The van der Waals surface area contributed by atoms with Crippen molar-refractivity contribution in [3.63, 3.8) is 0 Å². The summed E-state index contributed by atoms with van der Waals surface area (Å²) in [6.45, 7) is 3.42. The molecule has 0 spiro atoms. The van der Waals surface area contributed by atoms with Crippen LogP contribution in [0.3, 0.4) is 0 Å². The number of hydrogen-bond donors (Lipinski definition) is 2. The highest BCUT2D eigenvalue weighted by Gasteiger charge is 2.30. The lowest BCUT2D eigenvalue weighted by Crippen LogP contribution is -2.23. The van der Waals surface area contributed by atoms with Crippen molar-refractivity contribution in [1.29, 1.82) is 0 Å². The molecule has 0 fully saturated rings. The van der Waals surface area contributed by atoms with Crippen molar-refractivity contribution in [3.05, 3.63) is 34.9 Å². The van der Waals surface area contributed by atoms with Crippen LogP contribution in [0.1, 0.15) is 41.4 Å². The van der Waals surface area contributed by atoms with E-state index in [1.807, 2.05) is 0 Å². The number of carbonyl (C=O) groups is 1. The fraction of sp³-hybridized carbons (Fsp3) is 0.500. The van der Waals surface area contributed by atoms with Gasteiger partial charge in [-0.1, -0.05) is 6.07 Å². The number of benzene rings is 1. The maximum Gasteiger partial charge on any atom is 0.393 e. The molecule has 0 aliphatic carbocycles. The van der Waals surface area contributed by atoms with Crippen molar-refractivity contribution < 1.29 is 27.8 Å². The Morgan fingerprint density at radius 1 is 1.38 bits per heavy atom. The van der Waals surface area contributed by atoms with E-state index in [0.29, 0.717) is 0 Å². The van der Waals surface area contributed by atoms with E-state index in [2.05, 4.69) is 0 Å². The normalized spacial score (nSPS) is 13.5. The monoisotopic (exact) mass is 305 g/mol. The third-order valence-corrected chi connectivity index (χ3v) is 2.78. The summed E-state index contributed by atoms with van der Waals surface area (Å²) in [7, 11) is 0. The Balaban J connectivity index is 3.26. The Morgan fingerprint density at radius 2 is 2.00 bits per heavy atom. The number of aromatic carboxylic acids is 1. The lowest BCUT2D eigenvalue weighted by Gasteiger charge is -2.23. The summed E-state index contributed by atoms with van der Waals surface area (Å²) in [5, 5.41) is 8.97. The van der Waals surface area contributed by atoms with E-state index in [9.17, 15) is 18.0 Å². The summed E-state index contributed by atoms with van der Waals surface area (Å²) >= 11 is 0. The number of ether oxygens (including phenoxy) is 1. The maximum atomic E-state index is 12.6. The zero-order chi connectivity index (χ0) is 16.2. The number of alkyl halides is 3. The van der Waals surface area contributed by atoms with Gasteiger partial charge in [0.1, 0.15) is 0 Å². The van der Waals surface area contributed by atoms with Crippen LogP contribution in [0.2, 0.25) is 0 Å². The van der Waals surface area contributed by atoms with Gasteiger partial charge in [-0.3, -0.25) is 0 Å². The summed E-state index contributed by atoms with van der Waals surface area (Å²) < 4.78 is 43.4. The molecule has 0 amide bonds. The molecule has 1 rings (SSSR count). The van der Waals surface area contributed by atoms with Gasteiger partial charge in [0, 0.05) is 6.54 Å². The summed E-state index contributed by atoms with van der Waals surface area (Å²) in [4.78, 5) is 11.0. The average Bonchev–Trinajstić information content (AvgIpc) is 2.34. The van der Waals surface area contributed by atoms with Crippen LogP contribution in [0.4, 0.5) is 13.2 Å². The van der Waals surface area contributed by atoms with Gasteiger partial charge in [0.05, 0.1) is 24.2 Å². The van der Waals surface area contributed by atoms with Crippen molar-refractivity contribution in [2.75, 3.05) is 6.54 Å². The van der Waals surface area contributed by atoms with Gasteiger partial charge in [0.15, 0.2) is 0 Å². The molecule has 0 aromatic heterocycles. The van der Waals surface area contributed by atoms with E-state index in [4.69, 9.17) is 15.6 Å². The maximum absolute atomic E-state index is 12.6. The Hall–Kier alpha value is -1.60. The fourth-order valence-corrected chi connectivity index (χ4v) is 1.99. The number of hydrogen-bond acceptors (Lipinski definition) is 3. The summed E-state index contributed by atoms with van der Waals surface area (Å²) in [5.74, 6) is -1.21. The zero-order valence-electron chi connectivity index (χ0n) is 11.8. The lowest BCUT2D eigenvalue weighted by atomic mass is 9.96. The van der Waals surface area contributed by atoms with Crippen molar-refractivity contribution in [3.8, 4) is 0 Å². The first-order valence-electron chi connectivity index (χ1n) is 6.42. The topological polar surface area (TPSA) is 72.5 Å². The Morgan fingerprint density at radius 3 is 2.43 bits per heavy atom. The molecule has 1 aromatic rings. The lowest BCUT2D eigenvalue weighted by molar-refractivity contribution is -0.127. The fourth-order valence-electron chi connectivity index (χ4n) is 1.99. The van der Waals surface area contributed by atoms with Crippen molar-refractivity contribution in [1.82, 2.24) is 0 Å². The molecular formula is C14H18F3NO3. The molecule has 21 heavy (non-hydrogen) atoms. The standard InChI is InChI=1S/C14H18F3NO3/c1-8(2)21-12(7-18)11-5-9(13(19)20)3-4-10(11)6-14(15,16)17/h3-5,8,12H,6-7,18H2,1-2H3,(H,19,20). The summed E-state index contributed by atoms with van der Waals surface area (Å²) in [5.41, 5.74) is 5.61. The van der Waals surface area contributed by atoms with E-state index >= 15 is 0 Å². The number of halogens is 3. The van der Waals surface area contributed by atoms with Crippen molar-refractivity contribution in [2.24, 2.45) is 5.73 Å². The number of carboxylic acids is 1. The number of nitrogens with two attached hydrogens (primary N) is 1. The molecule has 3 N–H and O–H groups in total. The van der Waals surface area contributed by atoms with E-state index in [1.165, 1.54) is 12.1 Å². The first-order chi connectivity index (χ1) is 9.64. The molecule has 0 aliphatic rings. The quantitative estimate of drug-likeness (QED) is 0.847. The Labute approximate surface area is 120 Å². The molecule has 0 saturated carbocycles. The van der Waals surface area contributed by atoms with Crippen molar-refractivity contribution >= 4 is 5.97 Å². The summed E-state index contributed by atoms with van der Waals surface area (Å²) in [6.07, 6.45) is -6.57. The summed E-state index contributed by atoms with van der Waals surface area (Å²) in [6, 6.07) is 3.51. The minimum atomic E-state index is -4.39. The minimum Gasteiger partial charge on any atom is -0.478 e. The van der Waals surface area contributed by atoms with Gasteiger partial charge in [-0.2, -0.15) is 13.2 Å². The van der Waals surface area contributed by atoms with Crippen LogP contribution < -0.4 is 5.73 Å². The average molecular weight is 305 g/mol. The van der Waals surface area contributed by atoms with E-state index in [-0.39, 0.29) is 29.3 Å². The molecule has 0 aliphatic heterocycles. The highest BCUT2D eigenvalue weighted by atomic mass is 19.4. The second kappa shape index (κ2) is 6.91. The Bertz CT molecular complexity index is 501. The van der Waals surface area contributed by atoms with E-state index in [1.54, 1.807) is 13.8 Å². The van der Waals surface area contributed by atoms with Crippen molar-refractivity contribution in [2.45, 2.75) is 38.7 Å². The van der Waals surface area contributed by atoms with E-state index in [0.717, 1.165) is 6.07 Å². The van der Waals surface area contributed by atoms with Crippen LogP contribution in [0, 0.1) is 0 Å². The van der Waals surface area contributed by atoms with Crippen LogP contribution in [-0.4, -0.2) is 29.9 Å². The van der Waals surface area contributed by atoms with Gasteiger partial charge < -0.3 is 15.6 Å². The first-order valence-corrected chi connectivity index (χ1v) is 6.42. The molecule has 4 nitrogen and oxygen atoms in total. The molecule has 1 unspecified atom stereocenters. The van der Waals surface area contributed by atoms with Gasteiger partial charge in [-0.15, -0.1) is 0 Å². The second-order valence-electron chi connectivity index (χ2n) is 4.92. The van der Waals surface area contributed by atoms with Crippen LogP contribution in [0.15, 0.2) is 18.2 Å². The largest absolute Gasteiger partial charge is 0.478 e. The van der Waals surface area contributed by atoms with Crippen LogP contribution in [0.25, 0.3) is 0 Å². The SMILES string of the molecule is CC(C)OC(CN)c1cc(C(=O)O)ccc1CC(F)(F)F. The predicted octanol–water partition coefficient (Wildman–Crippen LogP) is 2.91. The zero-order valence-corrected chi connectivity index (χ0v) is 11.8. The molecular weight excluding hydrogens is 287 g/mol. The molecule has 1 aromatic carbocycles. The predicted molar refractivity (Wildman–Crippen MR) is 71.2 cm³/mol. The number of rotatable bonds is 6. The van der Waals surface area contributed by atoms with Gasteiger partial charge in [-0.05, 0) is 37.1 Å². The minimum absolute atomic E-state index is 0.0244. The molecule has 0 radical (unpaired) electrons. The first kappa shape index (κ1) is 17.5. The van der Waals surface area contributed by atoms with Gasteiger partial charge in [-0.25, -0.2) is 4.79 Å². The Kier molecular flexibility index (Phi) is 5.74. The highest BCUT2D eigenvalue weighted by Crippen LogP contribution is 2.29. The van der Waals surface area contributed by atoms with Gasteiger partial charge >= 0.3 is 12.1 Å². The second-order valence-corrected chi connectivity index (χ2v) is 4.92. The van der Waals surface area contributed by atoms with Gasteiger partial charge in [0.25, 0.3) is 0 Å². The third-order valence-electron chi connectivity index (χ3n) is 2.78.